The molecule has 2 aliphatic heterocycles. The van der Waals surface area contributed by atoms with E-state index in [9.17, 15) is 14.4 Å². The van der Waals surface area contributed by atoms with Crippen LogP contribution in [0.5, 0.6) is 5.75 Å². The predicted octanol–water partition coefficient (Wildman–Crippen LogP) is 2.18. The first kappa shape index (κ1) is 22.1. The molecular weight excluding hydrogens is 432 g/mol. The maximum atomic E-state index is 13.4. The fourth-order valence-electron chi connectivity index (χ4n) is 4.12. The van der Waals surface area contributed by atoms with Crippen LogP contribution in [0, 0.1) is 0 Å². The molecule has 0 radical (unpaired) electrons. The molecule has 32 heavy (non-hydrogen) atoms. The zero-order chi connectivity index (χ0) is 23.0. The van der Waals surface area contributed by atoms with Crippen LogP contribution in [0.25, 0.3) is 11.1 Å². The SMILES string of the molecule is COc1ccc(Cl)cc1-c1ccc2c(c1)C(=O)N1CCN(C(=O)CN(C)C)C[C@@H]1C(=O)N2. The first-order valence-corrected chi connectivity index (χ1v) is 10.7. The summed E-state index contributed by atoms with van der Waals surface area (Å²) >= 11 is 6.18. The molecule has 1 N–H and O–H groups in total. The summed E-state index contributed by atoms with van der Waals surface area (Å²) in [5.41, 5.74) is 2.35. The minimum atomic E-state index is -0.737. The highest BCUT2D eigenvalue weighted by Crippen LogP contribution is 2.36. The van der Waals surface area contributed by atoms with Crippen molar-refractivity contribution in [3.63, 3.8) is 0 Å². The van der Waals surface area contributed by atoms with Gasteiger partial charge in [-0.3, -0.25) is 14.4 Å². The lowest BCUT2D eigenvalue weighted by atomic mass is 10.00. The normalized spacial score (nSPS) is 18.1. The molecule has 2 aliphatic rings. The number of halogens is 1. The van der Waals surface area contributed by atoms with Crippen molar-refractivity contribution in [2.75, 3.05) is 52.7 Å². The van der Waals surface area contributed by atoms with Crippen molar-refractivity contribution >= 4 is 35.0 Å². The number of carbonyl (C=O) groups is 3. The Morgan fingerprint density at radius 2 is 1.94 bits per heavy atom. The van der Waals surface area contributed by atoms with Gasteiger partial charge in [0.15, 0.2) is 0 Å². The minimum Gasteiger partial charge on any atom is -0.496 e. The molecule has 2 aromatic rings. The molecule has 1 atom stereocenters. The fraction of sp³-hybridized carbons (Fsp3) is 0.348. The number of anilines is 1. The van der Waals surface area contributed by atoms with Crippen LogP contribution in [0.3, 0.4) is 0 Å². The number of likely N-dealkylation sites (N-methyl/N-ethyl adjacent to an activating group) is 1. The summed E-state index contributed by atoms with van der Waals surface area (Å²) in [5.74, 6) is 0.0239. The summed E-state index contributed by atoms with van der Waals surface area (Å²) in [7, 11) is 5.21. The van der Waals surface area contributed by atoms with E-state index < -0.39 is 6.04 Å². The molecule has 0 bridgehead atoms. The summed E-state index contributed by atoms with van der Waals surface area (Å²) in [6.45, 7) is 1.11. The van der Waals surface area contributed by atoms with Gasteiger partial charge in [-0.1, -0.05) is 17.7 Å². The number of benzene rings is 2. The number of fused-ring (bicyclic) bond motifs is 2. The lowest BCUT2D eigenvalue weighted by molar-refractivity contribution is -0.136. The Labute approximate surface area is 191 Å². The monoisotopic (exact) mass is 456 g/mol. The molecule has 1 fully saturated rings. The second-order valence-corrected chi connectivity index (χ2v) is 8.62. The quantitative estimate of drug-likeness (QED) is 0.762. The van der Waals surface area contributed by atoms with Gasteiger partial charge in [-0.2, -0.15) is 0 Å². The molecule has 0 aliphatic carbocycles. The molecule has 0 aromatic heterocycles. The second-order valence-electron chi connectivity index (χ2n) is 8.19. The van der Waals surface area contributed by atoms with Crippen LogP contribution in [-0.4, -0.2) is 85.8 Å². The molecule has 9 heteroatoms. The van der Waals surface area contributed by atoms with E-state index in [0.29, 0.717) is 35.1 Å². The lowest BCUT2D eigenvalue weighted by Crippen LogP contribution is -2.60. The van der Waals surface area contributed by atoms with Crippen LogP contribution in [0.2, 0.25) is 5.02 Å². The summed E-state index contributed by atoms with van der Waals surface area (Å²) in [5, 5.41) is 3.41. The van der Waals surface area contributed by atoms with Crippen molar-refractivity contribution in [3.8, 4) is 16.9 Å². The Morgan fingerprint density at radius 1 is 1.16 bits per heavy atom. The van der Waals surface area contributed by atoms with Gasteiger partial charge in [-0.15, -0.1) is 0 Å². The number of carbonyl (C=O) groups excluding carboxylic acids is 3. The number of nitrogens with zero attached hydrogens (tertiary/aromatic N) is 3. The first-order valence-electron chi connectivity index (χ1n) is 10.3. The van der Waals surface area contributed by atoms with Crippen molar-refractivity contribution in [1.29, 1.82) is 0 Å². The maximum Gasteiger partial charge on any atom is 0.256 e. The van der Waals surface area contributed by atoms with Crippen LogP contribution >= 0.6 is 11.6 Å². The zero-order valence-electron chi connectivity index (χ0n) is 18.2. The van der Waals surface area contributed by atoms with E-state index in [4.69, 9.17) is 16.3 Å². The molecule has 8 nitrogen and oxygen atoms in total. The molecule has 0 unspecified atom stereocenters. The van der Waals surface area contributed by atoms with Crippen LogP contribution < -0.4 is 10.1 Å². The smallest absolute Gasteiger partial charge is 0.256 e. The van der Waals surface area contributed by atoms with E-state index in [1.807, 2.05) is 20.2 Å². The van der Waals surface area contributed by atoms with Crippen LogP contribution in [-0.2, 0) is 9.59 Å². The van der Waals surface area contributed by atoms with Gasteiger partial charge < -0.3 is 24.8 Å². The Kier molecular flexibility index (Phi) is 6.08. The summed E-state index contributed by atoms with van der Waals surface area (Å²) in [6.07, 6.45) is 0. The second kappa shape index (κ2) is 8.80. The molecule has 168 valence electrons. The molecule has 0 spiro atoms. The number of rotatable bonds is 4. The topological polar surface area (TPSA) is 82.2 Å². The fourth-order valence-corrected chi connectivity index (χ4v) is 4.29. The van der Waals surface area contributed by atoms with Crippen molar-refractivity contribution < 1.29 is 19.1 Å². The first-order chi connectivity index (χ1) is 15.3. The van der Waals surface area contributed by atoms with E-state index in [2.05, 4.69) is 5.32 Å². The lowest BCUT2D eigenvalue weighted by Gasteiger charge is -2.39. The van der Waals surface area contributed by atoms with Gasteiger partial charge >= 0.3 is 0 Å². The van der Waals surface area contributed by atoms with E-state index in [0.717, 1.165) is 11.1 Å². The third-order valence-electron chi connectivity index (χ3n) is 5.73. The van der Waals surface area contributed by atoms with Crippen molar-refractivity contribution in [1.82, 2.24) is 14.7 Å². The van der Waals surface area contributed by atoms with Gasteiger partial charge in [0.25, 0.3) is 5.91 Å². The van der Waals surface area contributed by atoms with E-state index in [1.165, 1.54) is 0 Å². The third-order valence-corrected chi connectivity index (χ3v) is 5.96. The van der Waals surface area contributed by atoms with E-state index >= 15 is 0 Å². The number of hydrogen-bond acceptors (Lipinski definition) is 5. The molecule has 1 saturated heterocycles. The Balaban J connectivity index is 1.66. The molecule has 0 saturated carbocycles. The van der Waals surface area contributed by atoms with Crippen molar-refractivity contribution in [2.45, 2.75) is 6.04 Å². The Hall–Kier alpha value is -3.10. The van der Waals surface area contributed by atoms with Gasteiger partial charge in [0.05, 0.1) is 31.5 Å². The van der Waals surface area contributed by atoms with E-state index in [1.54, 1.807) is 52.1 Å². The average molecular weight is 457 g/mol. The number of methoxy groups -OCH3 is 1. The maximum absolute atomic E-state index is 13.4. The molecule has 3 amide bonds. The average Bonchev–Trinajstić information content (AvgIpc) is 2.87. The minimum absolute atomic E-state index is 0.0630. The number of nitrogens with one attached hydrogen (secondary N) is 1. The summed E-state index contributed by atoms with van der Waals surface area (Å²) in [6, 6.07) is 9.83. The summed E-state index contributed by atoms with van der Waals surface area (Å²) in [4.78, 5) is 43.9. The van der Waals surface area contributed by atoms with Crippen molar-refractivity contribution in [2.24, 2.45) is 0 Å². The van der Waals surface area contributed by atoms with Gasteiger partial charge in [0.1, 0.15) is 11.8 Å². The van der Waals surface area contributed by atoms with Crippen LogP contribution in [0.15, 0.2) is 36.4 Å². The molecule has 4 rings (SSSR count). The van der Waals surface area contributed by atoms with Gasteiger partial charge in [0, 0.05) is 23.7 Å². The molecule has 2 heterocycles. The van der Waals surface area contributed by atoms with Gasteiger partial charge in [-0.25, -0.2) is 0 Å². The van der Waals surface area contributed by atoms with Crippen LogP contribution in [0.4, 0.5) is 5.69 Å². The standard InChI is InChI=1S/C23H25ClN4O4/c1-26(2)13-21(29)27-8-9-28-19(12-27)22(30)25-18-6-4-14(10-17(18)23(28)31)16-11-15(24)5-7-20(16)32-3/h4-7,10-11,19H,8-9,12-13H2,1-3H3,(H,25,30)/t19-/m1/s1. The van der Waals surface area contributed by atoms with Gasteiger partial charge in [0.2, 0.25) is 11.8 Å². The highest BCUT2D eigenvalue weighted by molar-refractivity contribution is 6.31. The van der Waals surface area contributed by atoms with Crippen molar-refractivity contribution in [3.05, 3.63) is 47.0 Å². The Bertz CT molecular complexity index is 1090. The highest BCUT2D eigenvalue weighted by atomic mass is 35.5. The molecular formula is C23H25ClN4O4. The van der Waals surface area contributed by atoms with Crippen LogP contribution in [0.1, 0.15) is 10.4 Å². The number of amides is 3. The largest absolute Gasteiger partial charge is 0.496 e. The van der Waals surface area contributed by atoms with Gasteiger partial charge in [-0.05, 0) is 50.0 Å². The number of ether oxygens (including phenoxy) is 1. The Morgan fingerprint density at radius 3 is 2.66 bits per heavy atom. The highest BCUT2D eigenvalue weighted by Gasteiger charge is 2.40. The zero-order valence-corrected chi connectivity index (χ0v) is 19.0. The molecule has 2 aromatic carbocycles. The van der Waals surface area contributed by atoms with E-state index in [-0.39, 0.29) is 30.8 Å². The number of piperazine rings is 1. The number of hydrogen-bond donors (Lipinski definition) is 1. The summed E-state index contributed by atoms with van der Waals surface area (Å²) < 4.78 is 5.45. The predicted molar refractivity (Wildman–Crippen MR) is 122 cm³/mol. The third kappa shape index (κ3) is 4.16.